The molecule has 2 saturated heterocycles. The summed E-state index contributed by atoms with van der Waals surface area (Å²) in [6, 6.07) is 3.61. The first-order chi connectivity index (χ1) is 11.7. The van der Waals surface area contributed by atoms with Gasteiger partial charge in [0.15, 0.2) is 0 Å². The summed E-state index contributed by atoms with van der Waals surface area (Å²) in [5.74, 6) is -0.673. The Labute approximate surface area is 142 Å². The first kappa shape index (κ1) is 16.6. The van der Waals surface area contributed by atoms with Crippen molar-refractivity contribution in [3.63, 3.8) is 0 Å². The van der Waals surface area contributed by atoms with Gasteiger partial charge in [0.2, 0.25) is 0 Å². The van der Waals surface area contributed by atoms with Gasteiger partial charge < -0.3 is 19.3 Å². The Hall–Kier alpha value is -2.24. The number of hydrogen-bond acceptors (Lipinski definition) is 6. The molecule has 0 aliphatic carbocycles. The molecule has 1 aromatic carbocycles. The van der Waals surface area contributed by atoms with E-state index >= 15 is 0 Å². The van der Waals surface area contributed by atoms with E-state index < -0.39 is 0 Å². The van der Waals surface area contributed by atoms with E-state index in [0.29, 0.717) is 24.3 Å². The second-order valence-electron chi connectivity index (χ2n) is 6.01. The molecule has 0 atom stereocenters. The number of carbonyl (C=O) groups is 2. The number of carbonyl (C=O) groups excluding carboxylic acids is 2. The van der Waals surface area contributed by atoms with Gasteiger partial charge in [-0.3, -0.25) is 0 Å². The molecule has 1 aromatic rings. The largest absolute Gasteiger partial charge is 0.462 e. The van der Waals surface area contributed by atoms with E-state index in [4.69, 9.17) is 9.47 Å². The zero-order chi connectivity index (χ0) is 17.1. The lowest BCUT2D eigenvalue weighted by Crippen LogP contribution is -2.40. The molecule has 0 N–H and O–H groups in total. The summed E-state index contributed by atoms with van der Waals surface area (Å²) in [6.45, 7) is 7.80. The monoisotopic (exact) mass is 332 g/mol. The molecule has 0 spiro atoms. The molecule has 0 bridgehead atoms. The summed E-state index contributed by atoms with van der Waals surface area (Å²) in [6.07, 6.45) is 2.18. The van der Waals surface area contributed by atoms with Crippen LogP contribution >= 0.6 is 0 Å². The van der Waals surface area contributed by atoms with Crippen LogP contribution < -0.4 is 9.80 Å². The molecule has 0 radical (unpaired) electrons. The fourth-order valence-electron chi connectivity index (χ4n) is 2.96. The molecule has 0 unspecified atom stereocenters. The van der Waals surface area contributed by atoms with Crippen LogP contribution in [0.5, 0.6) is 0 Å². The van der Waals surface area contributed by atoms with Crippen molar-refractivity contribution < 1.29 is 19.1 Å². The summed E-state index contributed by atoms with van der Waals surface area (Å²) in [5, 5.41) is 0. The summed E-state index contributed by atoms with van der Waals surface area (Å²) in [7, 11) is 0. The fraction of sp³-hybridized carbons (Fsp3) is 0.556. The zero-order valence-corrected chi connectivity index (χ0v) is 14.3. The third kappa shape index (κ3) is 3.05. The summed E-state index contributed by atoms with van der Waals surface area (Å²) >= 11 is 0. The molecular formula is C18H24N2O4. The van der Waals surface area contributed by atoms with Crippen LogP contribution in [0, 0.1) is 0 Å². The number of anilines is 2. The molecule has 130 valence electrons. The van der Waals surface area contributed by atoms with Crippen LogP contribution in [0.15, 0.2) is 12.1 Å². The number of esters is 2. The van der Waals surface area contributed by atoms with Gasteiger partial charge in [-0.05, 0) is 38.8 Å². The van der Waals surface area contributed by atoms with Crippen molar-refractivity contribution in [2.24, 2.45) is 0 Å². The van der Waals surface area contributed by atoms with Gasteiger partial charge in [-0.2, -0.15) is 0 Å². The van der Waals surface area contributed by atoms with Crippen molar-refractivity contribution in [2.45, 2.75) is 26.7 Å². The van der Waals surface area contributed by atoms with E-state index in [9.17, 15) is 9.59 Å². The quantitative estimate of drug-likeness (QED) is 0.746. The lowest BCUT2D eigenvalue weighted by molar-refractivity contribution is 0.0512. The van der Waals surface area contributed by atoms with E-state index in [0.717, 1.165) is 50.4 Å². The SMILES string of the molecule is CCOC(=O)c1cc(N2CCC2)c(C(=O)OCC)cc1N1CCC1. The average molecular weight is 332 g/mol. The highest BCUT2D eigenvalue weighted by Crippen LogP contribution is 2.35. The average Bonchev–Trinajstić information content (AvgIpc) is 2.45. The maximum absolute atomic E-state index is 12.4. The Morgan fingerprint density at radius 2 is 1.21 bits per heavy atom. The van der Waals surface area contributed by atoms with Crippen molar-refractivity contribution in [1.29, 1.82) is 0 Å². The standard InChI is InChI=1S/C18H24N2O4/c1-3-23-17(21)13-11-16(20-9-6-10-20)14(18(22)24-4-2)12-15(13)19-7-5-8-19/h11-12H,3-10H2,1-2H3. The Kier molecular flexibility index (Phi) is 4.92. The molecule has 2 aliphatic rings. The van der Waals surface area contributed by atoms with Crippen LogP contribution in [0.3, 0.4) is 0 Å². The highest BCUT2D eigenvalue weighted by Gasteiger charge is 2.29. The lowest BCUT2D eigenvalue weighted by Gasteiger charge is -2.38. The van der Waals surface area contributed by atoms with E-state index in [1.165, 1.54) is 0 Å². The van der Waals surface area contributed by atoms with Gasteiger partial charge >= 0.3 is 11.9 Å². The molecule has 0 aromatic heterocycles. The molecule has 6 heteroatoms. The maximum Gasteiger partial charge on any atom is 0.340 e. The second kappa shape index (κ2) is 7.11. The van der Waals surface area contributed by atoms with Gasteiger partial charge in [0.1, 0.15) is 0 Å². The van der Waals surface area contributed by atoms with Gasteiger partial charge in [-0.25, -0.2) is 9.59 Å². The molecule has 2 fully saturated rings. The molecule has 2 heterocycles. The minimum Gasteiger partial charge on any atom is -0.462 e. The van der Waals surface area contributed by atoms with Crippen molar-refractivity contribution in [2.75, 3.05) is 49.2 Å². The predicted molar refractivity (Wildman–Crippen MR) is 92.0 cm³/mol. The van der Waals surface area contributed by atoms with E-state index in [1.54, 1.807) is 26.0 Å². The Balaban J connectivity index is 2.06. The lowest BCUT2D eigenvalue weighted by atomic mass is 10.0. The molecule has 3 rings (SSSR count). The Morgan fingerprint density at radius 1 is 0.833 bits per heavy atom. The molecule has 0 amide bonds. The van der Waals surface area contributed by atoms with E-state index in [1.807, 2.05) is 0 Å². The van der Waals surface area contributed by atoms with Gasteiger partial charge in [-0.15, -0.1) is 0 Å². The number of ether oxygens (including phenoxy) is 2. The van der Waals surface area contributed by atoms with Crippen LogP contribution in [0.1, 0.15) is 47.4 Å². The van der Waals surface area contributed by atoms with Gasteiger partial charge in [-0.1, -0.05) is 0 Å². The number of benzene rings is 1. The number of hydrogen-bond donors (Lipinski definition) is 0. The van der Waals surface area contributed by atoms with Crippen LogP contribution in [-0.4, -0.2) is 51.3 Å². The first-order valence-corrected chi connectivity index (χ1v) is 8.67. The fourth-order valence-corrected chi connectivity index (χ4v) is 2.96. The number of nitrogens with zero attached hydrogens (tertiary/aromatic N) is 2. The maximum atomic E-state index is 12.4. The minimum atomic E-state index is -0.336. The Bertz CT molecular complexity index is 580. The molecule has 24 heavy (non-hydrogen) atoms. The number of rotatable bonds is 6. The van der Waals surface area contributed by atoms with E-state index in [2.05, 4.69) is 9.80 Å². The second-order valence-corrected chi connectivity index (χ2v) is 6.01. The third-order valence-corrected chi connectivity index (χ3v) is 4.50. The van der Waals surface area contributed by atoms with Gasteiger partial charge in [0.05, 0.1) is 35.7 Å². The third-order valence-electron chi connectivity index (χ3n) is 4.50. The van der Waals surface area contributed by atoms with Gasteiger partial charge in [0, 0.05) is 26.2 Å². The summed E-state index contributed by atoms with van der Waals surface area (Å²) in [4.78, 5) is 29.0. The predicted octanol–water partition coefficient (Wildman–Crippen LogP) is 2.46. The topological polar surface area (TPSA) is 59.1 Å². The molecular weight excluding hydrogens is 308 g/mol. The first-order valence-electron chi connectivity index (χ1n) is 8.67. The molecule has 0 saturated carbocycles. The van der Waals surface area contributed by atoms with Crippen molar-refractivity contribution in [3.05, 3.63) is 23.3 Å². The van der Waals surface area contributed by atoms with Gasteiger partial charge in [0.25, 0.3) is 0 Å². The molecule has 6 nitrogen and oxygen atoms in total. The van der Waals surface area contributed by atoms with Crippen LogP contribution in [0.4, 0.5) is 11.4 Å². The highest BCUT2D eigenvalue weighted by atomic mass is 16.5. The minimum absolute atomic E-state index is 0.330. The van der Waals surface area contributed by atoms with E-state index in [-0.39, 0.29) is 11.9 Å². The van der Waals surface area contributed by atoms with Crippen LogP contribution in [0.2, 0.25) is 0 Å². The van der Waals surface area contributed by atoms with Crippen LogP contribution in [-0.2, 0) is 9.47 Å². The summed E-state index contributed by atoms with van der Waals surface area (Å²) < 4.78 is 10.4. The Morgan fingerprint density at radius 3 is 1.46 bits per heavy atom. The normalized spacial score (nSPS) is 16.2. The highest BCUT2D eigenvalue weighted by molar-refractivity contribution is 6.03. The van der Waals surface area contributed by atoms with Crippen LogP contribution in [0.25, 0.3) is 0 Å². The smallest absolute Gasteiger partial charge is 0.340 e. The van der Waals surface area contributed by atoms with Crippen molar-refractivity contribution >= 4 is 23.3 Å². The summed E-state index contributed by atoms with van der Waals surface area (Å²) in [5.41, 5.74) is 2.61. The molecule has 2 aliphatic heterocycles. The van der Waals surface area contributed by atoms with Crippen molar-refractivity contribution in [3.8, 4) is 0 Å². The van der Waals surface area contributed by atoms with Crippen molar-refractivity contribution in [1.82, 2.24) is 0 Å². The zero-order valence-electron chi connectivity index (χ0n) is 14.3.